The van der Waals surface area contributed by atoms with Crippen LogP contribution in [0.3, 0.4) is 0 Å². The Balaban J connectivity index is 1.52. The molecular weight excluding hydrogens is 298 g/mol. The number of nitrogens with one attached hydrogen (secondary N) is 3. The van der Waals surface area contributed by atoms with Gasteiger partial charge >= 0.3 is 0 Å². The summed E-state index contributed by atoms with van der Waals surface area (Å²) in [5, 5.41) is 12.7. The SMILES string of the molecule is O=C(Cc1n[nH]c(=O)c2c1NCCC2)NCCN1CCOCC1. The van der Waals surface area contributed by atoms with Crippen molar-refractivity contribution in [3.05, 3.63) is 21.6 Å². The minimum absolute atomic E-state index is 0.0765. The average molecular weight is 321 g/mol. The fraction of sp³-hybridized carbons (Fsp3) is 0.667. The molecule has 0 spiro atoms. The van der Waals surface area contributed by atoms with E-state index in [9.17, 15) is 9.59 Å². The van der Waals surface area contributed by atoms with E-state index < -0.39 is 0 Å². The van der Waals surface area contributed by atoms with Crippen LogP contribution < -0.4 is 16.2 Å². The van der Waals surface area contributed by atoms with E-state index >= 15 is 0 Å². The van der Waals surface area contributed by atoms with E-state index in [1.165, 1.54) is 0 Å². The van der Waals surface area contributed by atoms with Gasteiger partial charge < -0.3 is 15.4 Å². The molecule has 126 valence electrons. The Morgan fingerprint density at radius 2 is 2.17 bits per heavy atom. The fourth-order valence-electron chi connectivity index (χ4n) is 2.98. The largest absolute Gasteiger partial charge is 0.383 e. The molecule has 8 nitrogen and oxygen atoms in total. The molecule has 1 amide bonds. The quantitative estimate of drug-likeness (QED) is 0.651. The maximum atomic E-state index is 12.1. The first kappa shape index (κ1) is 15.9. The topological polar surface area (TPSA) is 99.3 Å². The van der Waals surface area contributed by atoms with Crippen molar-refractivity contribution in [1.82, 2.24) is 20.4 Å². The number of ether oxygens (including phenoxy) is 1. The van der Waals surface area contributed by atoms with Crippen molar-refractivity contribution in [2.75, 3.05) is 51.3 Å². The molecule has 1 fully saturated rings. The van der Waals surface area contributed by atoms with Crippen molar-refractivity contribution in [3.63, 3.8) is 0 Å². The molecule has 0 unspecified atom stereocenters. The smallest absolute Gasteiger partial charge is 0.269 e. The maximum Gasteiger partial charge on any atom is 0.269 e. The zero-order valence-electron chi connectivity index (χ0n) is 13.2. The Morgan fingerprint density at radius 1 is 1.35 bits per heavy atom. The van der Waals surface area contributed by atoms with E-state index in [4.69, 9.17) is 4.74 Å². The third-order valence-corrected chi connectivity index (χ3v) is 4.24. The van der Waals surface area contributed by atoms with Gasteiger partial charge in [0, 0.05) is 38.3 Å². The van der Waals surface area contributed by atoms with Gasteiger partial charge in [-0.1, -0.05) is 0 Å². The van der Waals surface area contributed by atoms with Crippen LogP contribution in [0.1, 0.15) is 17.7 Å². The lowest BCUT2D eigenvalue weighted by molar-refractivity contribution is -0.120. The minimum Gasteiger partial charge on any atom is -0.383 e. The second kappa shape index (κ2) is 7.56. The summed E-state index contributed by atoms with van der Waals surface area (Å²) in [5.41, 5.74) is 1.90. The van der Waals surface area contributed by atoms with Crippen LogP contribution in [0.15, 0.2) is 4.79 Å². The van der Waals surface area contributed by atoms with Gasteiger partial charge in [-0.15, -0.1) is 0 Å². The van der Waals surface area contributed by atoms with E-state index in [2.05, 4.69) is 25.7 Å². The van der Waals surface area contributed by atoms with Gasteiger partial charge in [-0.25, -0.2) is 5.10 Å². The molecule has 0 aromatic carbocycles. The molecule has 0 atom stereocenters. The first-order valence-electron chi connectivity index (χ1n) is 8.15. The molecule has 0 radical (unpaired) electrons. The molecule has 1 saturated heterocycles. The predicted octanol–water partition coefficient (Wildman–Crippen LogP) is -0.881. The summed E-state index contributed by atoms with van der Waals surface area (Å²) in [5.74, 6) is -0.0765. The highest BCUT2D eigenvalue weighted by molar-refractivity contribution is 5.80. The van der Waals surface area contributed by atoms with Gasteiger partial charge in [0.15, 0.2) is 0 Å². The maximum absolute atomic E-state index is 12.1. The minimum atomic E-state index is -0.163. The number of aromatic nitrogens is 2. The van der Waals surface area contributed by atoms with Crippen LogP contribution in [0.4, 0.5) is 5.69 Å². The van der Waals surface area contributed by atoms with Gasteiger partial charge in [0.25, 0.3) is 5.56 Å². The second-order valence-corrected chi connectivity index (χ2v) is 5.86. The van der Waals surface area contributed by atoms with Gasteiger partial charge in [-0.2, -0.15) is 5.10 Å². The third-order valence-electron chi connectivity index (χ3n) is 4.24. The first-order chi connectivity index (χ1) is 11.2. The highest BCUT2D eigenvalue weighted by Gasteiger charge is 2.19. The molecule has 2 aliphatic rings. The van der Waals surface area contributed by atoms with Crippen molar-refractivity contribution in [2.24, 2.45) is 0 Å². The number of carbonyl (C=O) groups is 1. The predicted molar refractivity (Wildman–Crippen MR) is 85.6 cm³/mol. The monoisotopic (exact) mass is 321 g/mol. The first-order valence-corrected chi connectivity index (χ1v) is 8.15. The highest BCUT2D eigenvalue weighted by atomic mass is 16.5. The number of hydrogen-bond donors (Lipinski definition) is 3. The molecule has 23 heavy (non-hydrogen) atoms. The number of rotatable bonds is 5. The third kappa shape index (κ3) is 4.08. The number of fused-ring (bicyclic) bond motifs is 1. The molecule has 1 aromatic rings. The lowest BCUT2D eigenvalue weighted by atomic mass is 10.0. The summed E-state index contributed by atoms with van der Waals surface area (Å²) >= 11 is 0. The Morgan fingerprint density at radius 3 is 3.00 bits per heavy atom. The number of amides is 1. The molecule has 0 bridgehead atoms. The van der Waals surface area contributed by atoms with Crippen LogP contribution in [0.5, 0.6) is 0 Å². The second-order valence-electron chi connectivity index (χ2n) is 5.86. The molecule has 1 aromatic heterocycles. The normalized spacial score (nSPS) is 18.1. The Labute approximate surface area is 134 Å². The highest BCUT2D eigenvalue weighted by Crippen LogP contribution is 2.21. The van der Waals surface area contributed by atoms with Crippen molar-refractivity contribution in [3.8, 4) is 0 Å². The van der Waals surface area contributed by atoms with Crippen LogP contribution in [-0.2, 0) is 22.4 Å². The number of anilines is 1. The summed E-state index contributed by atoms with van der Waals surface area (Å²) < 4.78 is 5.30. The van der Waals surface area contributed by atoms with Gasteiger partial charge in [-0.3, -0.25) is 14.5 Å². The molecule has 8 heteroatoms. The molecular formula is C15H23N5O3. The van der Waals surface area contributed by atoms with Crippen LogP contribution >= 0.6 is 0 Å². The standard InChI is InChI=1S/C15H23N5O3/c21-13(16-4-5-20-6-8-23-9-7-20)10-12-14-11(2-1-3-17-14)15(22)19-18-12/h17H,1-10H2,(H,16,21)(H,19,22). The van der Waals surface area contributed by atoms with E-state index in [1.807, 2.05) is 0 Å². The number of H-pyrrole nitrogens is 1. The molecule has 0 saturated carbocycles. The Bertz CT molecular complexity index is 610. The number of morpholine rings is 1. The average Bonchev–Trinajstić information content (AvgIpc) is 2.59. The van der Waals surface area contributed by atoms with Gasteiger partial charge in [-0.05, 0) is 12.8 Å². The lowest BCUT2D eigenvalue weighted by Gasteiger charge is -2.26. The number of carbonyl (C=O) groups excluding carboxylic acids is 1. The van der Waals surface area contributed by atoms with Crippen molar-refractivity contribution in [2.45, 2.75) is 19.3 Å². The molecule has 0 aliphatic carbocycles. The molecule has 3 N–H and O–H groups in total. The number of hydrogen-bond acceptors (Lipinski definition) is 6. The van der Waals surface area contributed by atoms with Crippen LogP contribution in [0, 0.1) is 0 Å². The van der Waals surface area contributed by atoms with Crippen LogP contribution in [0.2, 0.25) is 0 Å². The summed E-state index contributed by atoms with van der Waals surface area (Å²) in [4.78, 5) is 26.2. The summed E-state index contributed by atoms with van der Waals surface area (Å²) in [6.45, 7) is 5.58. The molecule has 2 aliphatic heterocycles. The van der Waals surface area contributed by atoms with Gasteiger partial charge in [0.2, 0.25) is 5.91 Å². The van der Waals surface area contributed by atoms with Gasteiger partial charge in [0.05, 0.1) is 31.0 Å². The Kier molecular flexibility index (Phi) is 5.24. The van der Waals surface area contributed by atoms with E-state index in [-0.39, 0.29) is 17.9 Å². The summed E-state index contributed by atoms with van der Waals surface area (Å²) in [6, 6.07) is 0. The van der Waals surface area contributed by atoms with E-state index in [0.717, 1.165) is 57.9 Å². The van der Waals surface area contributed by atoms with E-state index in [0.29, 0.717) is 17.8 Å². The van der Waals surface area contributed by atoms with Crippen molar-refractivity contribution >= 4 is 11.6 Å². The lowest BCUT2D eigenvalue weighted by Crippen LogP contribution is -2.41. The molecule has 3 heterocycles. The zero-order valence-corrected chi connectivity index (χ0v) is 13.2. The summed E-state index contributed by atoms with van der Waals surface area (Å²) in [6.07, 6.45) is 1.83. The van der Waals surface area contributed by atoms with E-state index in [1.54, 1.807) is 0 Å². The number of nitrogens with zero attached hydrogens (tertiary/aromatic N) is 2. The van der Waals surface area contributed by atoms with Gasteiger partial charge in [0.1, 0.15) is 0 Å². The van der Waals surface area contributed by atoms with Crippen LogP contribution in [-0.4, -0.2) is 66.9 Å². The van der Waals surface area contributed by atoms with Crippen molar-refractivity contribution in [1.29, 1.82) is 0 Å². The van der Waals surface area contributed by atoms with Crippen molar-refractivity contribution < 1.29 is 9.53 Å². The summed E-state index contributed by atoms with van der Waals surface area (Å²) in [7, 11) is 0. The number of aromatic amines is 1. The zero-order chi connectivity index (χ0) is 16.1. The van der Waals surface area contributed by atoms with Crippen LogP contribution in [0.25, 0.3) is 0 Å². The fourth-order valence-corrected chi connectivity index (χ4v) is 2.98. The molecule has 3 rings (SSSR count). The Hall–Kier alpha value is -1.93.